The molecule has 0 aromatic heterocycles. The number of hydrogen-bond donors (Lipinski definition) is 3. The van der Waals surface area contributed by atoms with Crippen molar-refractivity contribution in [2.75, 3.05) is 6.61 Å². The Hall–Kier alpha value is -3.35. The minimum Gasteiger partial charge on any atom is -0.480 e. The molecule has 2 aromatic carbocycles. The van der Waals surface area contributed by atoms with E-state index >= 15 is 0 Å². The molecule has 2 atom stereocenters. The van der Waals surface area contributed by atoms with Gasteiger partial charge in [-0.15, -0.1) is 0 Å². The van der Waals surface area contributed by atoms with E-state index in [4.69, 9.17) is 4.74 Å². The quantitative estimate of drug-likeness (QED) is 0.439. The number of nitrogens with one attached hydrogen (secondary N) is 2. The van der Waals surface area contributed by atoms with E-state index in [0.717, 1.165) is 35.1 Å². The molecule has 0 aliphatic heterocycles. The highest BCUT2D eigenvalue weighted by molar-refractivity contribution is 5.85. The van der Waals surface area contributed by atoms with Crippen LogP contribution < -0.4 is 10.6 Å². The maximum atomic E-state index is 12.7. The number of alkyl carbamates (subject to hydrolysis) is 1. The molecule has 7 nitrogen and oxygen atoms in total. The number of aliphatic carboxylic acids is 1. The number of fused-ring (bicyclic) bond motifs is 3. The number of ether oxygens (including phenoxy) is 1. The summed E-state index contributed by atoms with van der Waals surface area (Å²) in [7, 11) is 0. The molecule has 1 aliphatic rings. The summed E-state index contributed by atoms with van der Waals surface area (Å²) in [5.74, 6) is -1.54. The molecule has 2 aromatic rings. The second-order valence-electron chi connectivity index (χ2n) is 10.2. The number of rotatable bonds is 10. The third-order valence-corrected chi connectivity index (χ3v) is 6.42. The zero-order chi connectivity index (χ0) is 25.6. The number of hydrogen-bond acceptors (Lipinski definition) is 4. The van der Waals surface area contributed by atoms with Crippen molar-refractivity contribution in [1.82, 2.24) is 10.6 Å². The first-order chi connectivity index (χ1) is 16.6. The Morgan fingerprint density at radius 3 is 2.06 bits per heavy atom. The van der Waals surface area contributed by atoms with Gasteiger partial charge in [-0.3, -0.25) is 4.79 Å². The number of carboxylic acid groups (broad SMARTS) is 1. The van der Waals surface area contributed by atoms with E-state index in [-0.39, 0.29) is 18.9 Å². The smallest absolute Gasteiger partial charge is 0.407 e. The van der Waals surface area contributed by atoms with Gasteiger partial charge in [0.1, 0.15) is 12.6 Å². The molecular weight excluding hydrogens is 444 g/mol. The maximum absolute atomic E-state index is 12.7. The van der Waals surface area contributed by atoms with Crippen molar-refractivity contribution >= 4 is 18.0 Å². The summed E-state index contributed by atoms with van der Waals surface area (Å²) >= 11 is 0. The Labute approximate surface area is 207 Å². The van der Waals surface area contributed by atoms with Crippen molar-refractivity contribution in [3.8, 4) is 11.1 Å². The fourth-order valence-corrected chi connectivity index (χ4v) is 4.57. The van der Waals surface area contributed by atoms with Gasteiger partial charge in [0, 0.05) is 18.4 Å². The fraction of sp³-hybridized carbons (Fsp3) is 0.464. The van der Waals surface area contributed by atoms with Crippen LogP contribution in [0.4, 0.5) is 4.79 Å². The third kappa shape index (κ3) is 6.62. The van der Waals surface area contributed by atoms with E-state index in [2.05, 4.69) is 34.9 Å². The number of carboxylic acids is 1. The molecule has 0 saturated carbocycles. The summed E-state index contributed by atoms with van der Waals surface area (Å²) in [5.41, 5.74) is 3.93. The van der Waals surface area contributed by atoms with Crippen molar-refractivity contribution in [3.63, 3.8) is 0 Å². The zero-order valence-electron chi connectivity index (χ0n) is 21.0. The molecule has 0 heterocycles. The van der Waals surface area contributed by atoms with E-state index in [1.54, 1.807) is 20.8 Å². The average Bonchev–Trinajstić information content (AvgIpc) is 3.12. The summed E-state index contributed by atoms with van der Waals surface area (Å²) < 4.78 is 5.63. The minimum atomic E-state index is -1.08. The van der Waals surface area contributed by atoms with Crippen LogP contribution in [0.1, 0.15) is 70.4 Å². The summed E-state index contributed by atoms with van der Waals surface area (Å²) in [5, 5.41) is 14.9. The molecule has 0 spiro atoms. The summed E-state index contributed by atoms with van der Waals surface area (Å²) in [6, 6.07) is 14.8. The first-order valence-electron chi connectivity index (χ1n) is 12.3. The minimum absolute atomic E-state index is 0.00987. The number of benzene rings is 2. The second-order valence-corrected chi connectivity index (χ2v) is 10.2. The van der Waals surface area contributed by atoms with Gasteiger partial charge >= 0.3 is 12.1 Å². The lowest BCUT2D eigenvalue weighted by Gasteiger charge is -2.28. The van der Waals surface area contributed by atoms with Crippen LogP contribution in [0.2, 0.25) is 0 Å². The molecule has 188 valence electrons. The molecule has 3 rings (SSSR count). The molecule has 1 aliphatic carbocycles. The van der Waals surface area contributed by atoms with Crippen LogP contribution in [0.3, 0.4) is 0 Å². The Balaban J connectivity index is 1.62. The molecule has 7 heteroatoms. The second kappa shape index (κ2) is 11.4. The zero-order valence-corrected chi connectivity index (χ0v) is 21.0. The van der Waals surface area contributed by atoms with Crippen molar-refractivity contribution in [1.29, 1.82) is 0 Å². The van der Waals surface area contributed by atoms with Gasteiger partial charge < -0.3 is 20.5 Å². The lowest BCUT2D eigenvalue weighted by atomic mass is 9.86. The van der Waals surface area contributed by atoms with E-state index < -0.39 is 35.5 Å². The van der Waals surface area contributed by atoms with Gasteiger partial charge in [0.05, 0.1) is 0 Å². The van der Waals surface area contributed by atoms with E-state index in [1.807, 2.05) is 31.2 Å². The van der Waals surface area contributed by atoms with E-state index in [1.165, 1.54) is 0 Å². The Kier molecular flexibility index (Phi) is 8.54. The van der Waals surface area contributed by atoms with E-state index in [9.17, 15) is 19.5 Å². The van der Waals surface area contributed by atoms with Crippen molar-refractivity contribution in [2.24, 2.45) is 5.41 Å². The number of carbonyl (C=O) groups is 3. The SMILES string of the molecule is CCCC[C@H](CC(=O)N[C@@H](C(=O)O)C(C)(C)C)NC(=O)OCC1c2ccccc2-c2ccccc21. The van der Waals surface area contributed by atoms with Crippen molar-refractivity contribution in [3.05, 3.63) is 59.7 Å². The van der Waals surface area contributed by atoms with Gasteiger partial charge in [-0.05, 0) is 34.1 Å². The lowest BCUT2D eigenvalue weighted by molar-refractivity contribution is -0.145. The first kappa shape index (κ1) is 26.3. The third-order valence-electron chi connectivity index (χ3n) is 6.42. The van der Waals surface area contributed by atoms with Gasteiger partial charge in [-0.2, -0.15) is 0 Å². The molecule has 3 N–H and O–H groups in total. The Bertz CT molecular complexity index is 1010. The van der Waals surface area contributed by atoms with Gasteiger partial charge in [0.25, 0.3) is 0 Å². The average molecular weight is 481 g/mol. The summed E-state index contributed by atoms with van der Waals surface area (Å²) in [6.45, 7) is 7.50. The van der Waals surface area contributed by atoms with Crippen LogP contribution in [0.25, 0.3) is 11.1 Å². The molecule has 0 bridgehead atoms. The molecule has 35 heavy (non-hydrogen) atoms. The fourth-order valence-electron chi connectivity index (χ4n) is 4.57. The Morgan fingerprint density at radius 2 is 1.54 bits per heavy atom. The molecular formula is C28H36N2O5. The predicted molar refractivity (Wildman–Crippen MR) is 135 cm³/mol. The van der Waals surface area contributed by atoms with Crippen LogP contribution in [-0.2, 0) is 14.3 Å². The molecule has 0 saturated heterocycles. The molecule has 0 fully saturated rings. The summed E-state index contributed by atoms with van der Waals surface area (Å²) in [6.07, 6.45) is 1.74. The van der Waals surface area contributed by atoms with Gasteiger partial charge in [0.2, 0.25) is 5.91 Å². The largest absolute Gasteiger partial charge is 0.480 e. The molecule has 0 radical (unpaired) electrons. The van der Waals surface area contributed by atoms with Gasteiger partial charge in [-0.25, -0.2) is 9.59 Å². The first-order valence-corrected chi connectivity index (χ1v) is 12.3. The maximum Gasteiger partial charge on any atom is 0.407 e. The van der Waals surface area contributed by atoms with Crippen LogP contribution in [0, 0.1) is 5.41 Å². The highest BCUT2D eigenvalue weighted by Crippen LogP contribution is 2.44. The van der Waals surface area contributed by atoms with Crippen LogP contribution in [0.5, 0.6) is 0 Å². The van der Waals surface area contributed by atoms with Gasteiger partial charge in [0.15, 0.2) is 0 Å². The Morgan fingerprint density at radius 1 is 0.971 bits per heavy atom. The lowest BCUT2D eigenvalue weighted by Crippen LogP contribution is -2.50. The number of unbranched alkanes of at least 4 members (excludes halogenated alkanes) is 1. The number of amides is 2. The number of carbonyl (C=O) groups excluding carboxylic acids is 2. The van der Waals surface area contributed by atoms with Crippen molar-refractivity contribution in [2.45, 2.75) is 71.4 Å². The van der Waals surface area contributed by atoms with Crippen molar-refractivity contribution < 1.29 is 24.2 Å². The molecule has 0 unspecified atom stereocenters. The monoisotopic (exact) mass is 480 g/mol. The molecule has 2 amide bonds. The van der Waals surface area contributed by atoms with Crippen LogP contribution >= 0.6 is 0 Å². The topological polar surface area (TPSA) is 105 Å². The predicted octanol–water partition coefficient (Wildman–Crippen LogP) is 5.09. The standard InChI is InChI=1S/C28H36N2O5/c1-5-6-11-18(16-24(31)30-25(26(32)33)28(2,3)4)29-27(34)35-17-23-21-14-9-7-12-19(21)20-13-8-10-15-22(20)23/h7-10,12-15,18,23,25H,5-6,11,16-17H2,1-4H3,(H,29,34)(H,30,31)(H,32,33)/t18-,25+/m1/s1. The van der Waals surface area contributed by atoms with Crippen LogP contribution in [-0.4, -0.2) is 41.8 Å². The van der Waals surface area contributed by atoms with E-state index in [0.29, 0.717) is 6.42 Å². The highest BCUT2D eigenvalue weighted by Gasteiger charge is 2.33. The highest BCUT2D eigenvalue weighted by atomic mass is 16.5. The van der Waals surface area contributed by atoms with Gasteiger partial charge in [-0.1, -0.05) is 89.1 Å². The summed E-state index contributed by atoms with van der Waals surface area (Å²) in [4.78, 5) is 36.9. The normalized spacial score (nSPS) is 14.4. The van der Waals surface area contributed by atoms with Crippen LogP contribution in [0.15, 0.2) is 48.5 Å².